The molecular formula is C13H23NO. The molecule has 0 radical (unpaired) electrons. The lowest BCUT2D eigenvalue weighted by Gasteiger charge is -2.37. The molecule has 1 saturated carbocycles. The van der Waals surface area contributed by atoms with E-state index in [1.54, 1.807) is 0 Å². The van der Waals surface area contributed by atoms with Crippen LogP contribution < -0.4 is 0 Å². The Morgan fingerprint density at radius 2 is 1.87 bits per heavy atom. The van der Waals surface area contributed by atoms with Gasteiger partial charge in [0.1, 0.15) is 0 Å². The van der Waals surface area contributed by atoms with Crippen LogP contribution in [-0.4, -0.2) is 36.2 Å². The molecule has 2 nitrogen and oxygen atoms in total. The summed E-state index contributed by atoms with van der Waals surface area (Å²) in [5, 5.41) is 0. The maximum absolute atomic E-state index is 6.01. The van der Waals surface area contributed by atoms with Crippen molar-refractivity contribution in [3.63, 3.8) is 0 Å². The molecule has 1 aliphatic carbocycles. The second-order valence-corrected chi connectivity index (χ2v) is 5.11. The van der Waals surface area contributed by atoms with Crippen molar-refractivity contribution in [2.24, 2.45) is 5.92 Å². The molecule has 0 aromatic rings. The van der Waals surface area contributed by atoms with E-state index in [1.807, 2.05) is 0 Å². The molecule has 15 heavy (non-hydrogen) atoms. The van der Waals surface area contributed by atoms with Crippen LogP contribution in [0.1, 0.15) is 33.6 Å². The van der Waals surface area contributed by atoms with Crippen LogP contribution >= 0.6 is 0 Å². The van der Waals surface area contributed by atoms with Crippen LogP contribution in [0.5, 0.6) is 0 Å². The Hall–Kier alpha value is -0.340. The fourth-order valence-corrected chi connectivity index (χ4v) is 3.02. The second kappa shape index (κ2) is 4.26. The quantitative estimate of drug-likeness (QED) is 0.645. The summed E-state index contributed by atoms with van der Waals surface area (Å²) >= 11 is 0. The molecule has 2 heteroatoms. The maximum atomic E-state index is 6.01. The first-order valence-electron chi connectivity index (χ1n) is 6.22. The average molecular weight is 209 g/mol. The van der Waals surface area contributed by atoms with Gasteiger partial charge in [-0.2, -0.15) is 0 Å². The molecule has 0 spiro atoms. The lowest BCUT2D eigenvalue weighted by Crippen LogP contribution is -2.48. The number of hydrogen-bond acceptors (Lipinski definition) is 2. The minimum atomic E-state index is 0.189. The van der Waals surface area contributed by atoms with Gasteiger partial charge in [0.25, 0.3) is 0 Å². The molecule has 2 aliphatic rings. The number of hydrogen-bond donors (Lipinski definition) is 0. The predicted octanol–water partition coefficient (Wildman–Crippen LogP) is 2.45. The second-order valence-electron chi connectivity index (χ2n) is 5.11. The van der Waals surface area contributed by atoms with Crippen molar-refractivity contribution in [3.8, 4) is 0 Å². The Labute approximate surface area is 93.3 Å². The van der Waals surface area contributed by atoms with Gasteiger partial charge in [-0.15, -0.1) is 0 Å². The summed E-state index contributed by atoms with van der Waals surface area (Å²) < 4.78 is 6.01. The molecule has 1 fully saturated rings. The normalized spacial score (nSPS) is 26.1. The summed E-state index contributed by atoms with van der Waals surface area (Å²) in [7, 11) is 0. The van der Waals surface area contributed by atoms with Gasteiger partial charge in [-0.1, -0.05) is 26.0 Å². The zero-order valence-electron chi connectivity index (χ0n) is 10.2. The number of nitrogens with zero attached hydrogens (tertiary/aromatic N) is 1. The molecule has 0 N–H and O–H groups in total. The minimum absolute atomic E-state index is 0.189. The van der Waals surface area contributed by atoms with E-state index >= 15 is 0 Å². The van der Waals surface area contributed by atoms with Gasteiger partial charge in [0.05, 0.1) is 5.60 Å². The fourth-order valence-electron chi connectivity index (χ4n) is 3.02. The number of rotatable bonds is 5. The molecular weight excluding hydrogens is 186 g/mol. The number of ether oxygens (including phenoxy) is 1. The molecule has 0 amide bonds. The van der Waals surface area contributed by atoms with Crippen LogP contribution in [0.15, 0.2) is 12.2 Å². The van der Waals surface area contributed by atoms with Crippen molar-refractivity contribution in [2.75, 3.05) is 19.7 Å². The van der Waals surface area contributed by atoms with Gasteiger partial charge < -0.3 is 4.74 Å². The zero-order chi connectivity index (χ0) is 10.9. The Balaban J connectivity index is 2.06. The van der Waals surface area contributed by atoms with E-state index in [2.05, 4.69) is 37.8 Å². The summed E-state index contributed by atoms with van der Waals surface area (Å²) in [5.41, 5.74) is 0.189. The summed E-state index contributed by atoms with van der Waals surface area (Å²) in [6.45, 7) is 9.82. The van der Waals surface area contributed by atoms with Gasteiger partial charge >= 0.3 is 0 Å². The van der Waals surface area contributed by atoms with Gasteiger partial charge in [-0.05, 0) is 25.7 Å². The third-order valence-corrected chi connectivity index (χ3v) is 3.58. The SMILES string of the molecule is CCOC1([C@H](C(C)C)N2CC=CC2)CC1. The first-order valence-corrected chi connectivity index (χ1v) is 6.22. The van der Waals surface area contributed by atoms with Crippen molar-refractivity contribution in [2.45, 2.75) is 45.3 Å². The molecule has 1 heterocycles. The molecule has 0 aromatic heterocycles. The highest BCUT2D eigenvalue weighted by molar-refractivity contribution is 5.10. The fraction of sp³-hybridized carbons (Fsp3) is 0.846. The summed E-state index contributed by atoms with van der Waals surface area (Å²) in [4.78, 5) is 2.56. The molecule has 0 unspecified atom stereocenters. The highest BCUT2D eigenvalue weighted by atomic mass is 16.5. The monoisotopic (exact) mass is 209 g/mol. The van der Waals surface area contributed by atoms with E-state index in [0.717, 1.165) is 19.7 Å². The van der Waals surface area contributed by atoms with Crippen molar-refractivity contribution in [1.29, 1.82) is 0 Å². The standard InChI is InChI=1S/C13H23NO/c1-4-15-13(7-8-13)12(11(2)3)14-9-5-6-10-14/h5-6,11-12H,4,7-10H2,1-3H3/t12-/m0/s1. The molecule has 0 bridgehead atoms. The van der Waals surface area contributed by atoms with E-state index in [0.29, 0.717) is 12.0 Å². The van der Waals surface area contributed by atoms with E-state index in [-0.39, 0.29) is 5.60 Å². The summed E-state index contributed by atoms with van der Waals surface area (Å²) in [5.74, 6) is 0.680. The molecule has 86 valence electrons. The minimum Gasteiger partial charge on any atom is -0.374 e. The molecule has 1 aliphatic heterocycles. The van der Waals surface area contributed by atoms with E-state index in [9.17, 15) is 0 Å². The summed E-state index contributed by atoms with van der Waals surface area (Å²) in [6.07, 6.45) is 7.05. The lowest BCUT2D eigenvalue weighted by atomic mass is 9.94. The maximum Gasteiger partial charge on any atom is 0.0841 e. The smallest absolute Gasteiger partial charge is 0.0841 e. The first-order chi connectivity index (χ1) is 7.19. The van der Waals surface area contributed by atoms with Crippen molar-refractivity contribution < 1.29 is 4.74 Å². The van der Waals surface area contributed by atoms with Gasteiger partial charge in [0.2, 0.25) is 0 Å². The van der Waals surface area contributed by atoms with Gasteiger partial charge in [0.15, 0.2) is 0 Å². The van der Waals surface area contributed by atoms with E-state index in [1.165, 1.54) is 12.8 Å². The van der Waals surface area contributed by atoms with Crippen LogP contribution in [0, 0.1) is 5.92 Å². The Morgan fingerprint density at radius 3 is 2.27 bits per heavy atom. The average Bonchev–Trinajstić information content (AvgIpc) is 2.76. The first kappa shape index (κ1) is 11.2. The Kier molecular flexibility index (Phi) is 3.17. The Bertz CT molecular complexity index is 235. The van der Waals surface area contributed by atoms with Crippen LogP contribution in [-0.2, 0) is 4.74 Å². The topological polar surface area (TPSA) is 12.5 Å². The highest BCUT2D eigenvalue weighted by Crippen LogP contribution is 2.47. The Morgan fingerprint density at radius 1 is 1.27 bits per heavy atom. The predicted molar refractivity (Wildman–Crippen MR) is 62.9 cm³/mol. The third kappa shape index (κ3) is 2.11. The van der Waals surface area contributed by atoms with E-state index in [4.69, 9.17) is 4.74 Å². The highest BCUT2D eigenvalue weighted by Gasteiger charge is 2.53. The molecule has 2 rings (SSSR count). The van der Waals surface area contributed by atoms with Crippen LogP contribution in [0.25, 0.3) is 0 Å². The van der Waals surface area contributed by atoms with Gasteiger partial charge in [-0.3, -0.25) is 4.90 Å². The van der Waals surface area contributed by atoms with E-state index < -0.39 is 0 Å². The molecule has 0 aromatic carbocycles. The zero-order valence-corrected chi connectivity index (χ0v) is 10.2. The van der Waals surface area contributed by atoms with Crippen molar-refractivity contribution >= 4 is 0 Å². The molecule has 0 saturated heterocycles. The van der Waals surface area contributed by atoms with Crippen molar-refractivity contribution in [3.05, 3.63) is 12.2 Å². The summed E-state index contributed by atoms with van der Waals surface area (Å²) in [6, 6.07) is 0.604. The van der Waals surface area contributed by atoms with Crippen LogP contribution in [0.2, 0.25) is 0 Å². The van der Waals surface area contributed by atoms with Crippen molar-refractivity contribution in [1.82, 2.24) is 4.90 Å². The van der Waals surface area contributed by atoms with Crippen LogP contribution in [0.4, 0.5) is 0 Å². The lowest BCUT2D eigenvalue weighted by molar-refractivity contribution is -0.0378. The van der Waals surface area contributed by atoms with Gasteiger partial charge in [-0.25, -0.2) is 0 Å². The largest absolute Gasteiger partial charge is 0.374 e. The molecule has 1 atom stereocenters. The third-order valence-electron chi connectivity index (χ3n) is 3.58. The van der Waals surface area contributed by atoms with Crippen LogP contribution in [0.3, 0.4) is 0 Å². The van der Waals surface area contributed by atoms with Gasteiger partial charge in [0, 0.05) is 25.7 Å².